The van der Waals surface area contributed by atoms with Crippen LogP contribution in [-0.2, 0) is 17.6 Å². The predicted octanol–water partition coefficient (Wildman–Crippen LogP) is 1.58. The number of carbonyl (C=O) groups is 2. The van der Waals surface area contributed by atoms with Crippen LogP contribution in [0.1, 0.15) is 22.8 Å². The topological polar surface area (TPSA) is 76.0 Å². The summed E-state index contributed by atoms with van der Waals surface area (Å²) < 4.78 is 1.97. The first-order chi connectivity index (χ1) is 11.1. The van der Waals surface area contributed by atoms with Gasteiger partial charge in [0.05, 0.1) is 0 Å². The zero-order chi connectivity index (χ0) is 16.7. The first kappa shape index (κ1) is 17.1. The number of carbonyl (C=O) groups excluding carboxylic acids is 2. The number of rotatable bonds is 7. The van der Waals surface area contributed by atoms with E-state index in [0.717, 1.165) is 16.5 Å². The molecule has 0 saturated heterocycles. The molecule has 0 fully saturated rings. The molecule has 122 valence electrons. The van der Waals surface area contributed by atoms with Gasteiger partial charge in [-0.1, -0.05) is 23.9 Å². The van der Waals surface area contributed by atoms with Gasteiger partial charge in [0.1, 0.15) is 0 Å². The van der Waals surface area contributed by atoms with E-state index in [-0.39, 0.29) is 11.8 Å². The minimum atomic E-state index is -0.140. The minimum Gasteiger partial charge on any atom is -0.355 e. The summed E-state index contributed by atoms with van der Waals surface area (Å²) in [6.07, 6.45) is 3.69. The maximum Gasteiger partial charge on any atom is 0.251 e. The zero-order valence-corrected chi connectivity index (χ0v) is 14.0. The minimum absolute atomic E-state index is 0.103. The number of imidazole rings is 1. The summed E-state index contributed by atoms with van der Waals surface area (Å²) in [4.78, 5) is 26.9. The Bertz CT molecular complexity index is 667. The molecule has 2 rings (SSSR count). The largest absolute Gasteiger partial charge is 0.355 e. The third kappa shape index (κ3) is 5.45. The second kappa shape index (κ2) is 8.38. The smallest absolute Gasteiger partial charge is 0.251 e. The van der Waals surface area contributed by atoms with Crippen LogP contribution in [0.25, 0.3) is 0 Å². The van der Waals surface area contributed by atoms with E-state index in [1.807, 2.05) is 42.1 Å². The molecule has 6 nitrogen and oxygen atoms in total. The highest BCUT2D eigenvalue weighted by atomic mass is 32.2. The summed E-state index contributed by atoms with van der Waals surface area (Å²) in [7, 11) is 1.96. The van der Waals surface area contributed by atoms with Gasteiger partial charge in [-0.3, -0.25) is 9.59 Å². The monoisotopic (exact) mass is 332 g/mol. The van der Waals surface area contributed by atoms with Crippen LogP contribution in [0.2, 0.25) is 0 Å². The van der Waals surface area contributed by atoms with E-state index in [0.29, 0.717) is 18.7 Å². The van der Waals surface area contributed by atoms with Crippen molar-refractivity contribution in [1.29, 1.82) is 0 Å². The molecule has 1 heterocycles. The van der Waals surface area contributed by atoms with E-state index < -0.39 is 0 Å². The highest BCUT2D eigenvalue weighted by molar-refractivity contribution is 7.98. The Labute approximate surface area is 139 Å². The molecule has 2 N–H and O–H groups in total. The lowest BCUT2D eigenvalue weighted by molar-refractivity contribution is -0.118. The van der Waals surface area contributed by atoms with Crippen molar-refractivity contribution >= 4 is 23.6 Å². The molecule has 1 aromatic heterocycles. The lowest BCUT2D eigenvalue weighted by Gasteiger charge is -2.07. The summed E-state index contributed by atoms with van der Waals surface area (Å²) in [5, 5.41) is 6.36. The van der Waals surface area contributed by atoms with Crippen LogP contribution in [0.3, 0.4) is 0 Å². The summed E-state index contributed by atoms with van der Waals surface area (Å²) in [5.74, 6) is 0.558. The molecule has 0 aliphatic carbocycles. The summed E-state index contributed by atoms with van der Waals surface area (Å²) >= 11 is 1.65. The van der Waals surface area contributed by atoms with Crippen LogP contribution < -0.4 is 10.6 Å². The van der Waals surface area contributed by atoms with Gasteiger partial charge in [-0.25, -0.2) is 4.98 Å². The van der Waals surface area contributed by atoms with Crippen LogP contribution in [-0.4, -0.2) is 34.5 Å². The molecule has 7 heteroatoms. The molecule has 0 radical (unpaired) electrons. The molecule has 0 aliphatic heterocycles. The van der Waals surface area contributed by atoms with Crippen molar-refractivity contribution < 1.29 is 9.59 Å². The average molecular weight is 332 g/mol. The van der Waals surface area contributed by atoms with Crippen molar-refractivity contribution in [1.82, 2.24) is 20.2 Å². The lowest BCUT2D eigenvalue weighted by Crippen LogP contribution is -2.33. The Balaban J connectivity index is 1.80. The van der Waals surface area contributed by atoms with E-state index in [9.17, 15) is 9.59 Å². The van der Waals surface area contributed by atoms with Crippen LogP contribution in [0.5, 0.6) is 0 Å². The normalized spacial score (nSPS) is 10.3. The molecular formula is C16H20N4O2S. The van der Waals surface area contributed by atoms with Gasteiger partial charge < -0.3 is 15.2 Å². The Kier molecular flexibility index (Phi) is 6.22. The van der Waals surface area contributed by atoms with Gasteiger partial charge in [0, 0.05) is 50.8 Å². The number of amides is 2. The molecule has 0 bridgehead atoms. The predicted molar refractivity (Wildman–Crippen MR) is 90.2 cm³/mol. The van der Waals surface area contributed by atoms with E-state index in [2.05, 4.69) is 15.6 Å². The number of thioether (sulfide) groups is 1. The van der Waals surface area contributed by atoms with E-state index >= 15 is 0 Å². The van der Waals surface area contributed by atoms with Gasteiger partial charge in [0.25, 0.3) is 5.91 Å². The van der Waals surface area contributed by atoms with Crippen LogP contribution >= 0.6 is 11.8 Å². The molecule has 0 saturated carbocycles. The molecular weight excluding hydrogens is 312 g/mol. The van der Waals surface area contributed by atoms with E-state index in [1.165, 1.54) is 6.92 Å². The van der Waals surface area contributed by atoms with E-state index in [1.54, 1.807) is 18.0 Å². The SMILES string of the molecule is CC(=O)NCCNC(=O)c1ccc(CSc2nccn2C)cc1. The molecule has 0 unspecified atom stereocenters. The number of hydrogen-bond donors (Lipinski definition) is 2. The van der Waals surface area contributed by atoms with Gasteiger partial charge in [-0.05, 0) is 17.7 Å². The first-order valence-corrected chi connectivity index (χ1v) is 8.26. The Morgan fingerprint density at radius 1 is 1.17 bits per heavy atom. The van der Waals surface area contributed by atoms with Crippen LogP contribution in [0, 0.1) is 0 Å². The molecule has 23 heavy (non-hydrogen) atoms. The number of benzene rings is 1. The van der Waals surface area contributed by atoms with Gasteiger partial charge >= 0.3 is 0 Å². The van der Waals surface area contributed by atoms with Gasteiger partial charge in [0.2, 0.25) is 5.91 Å². The van der Waals surface area contributed by atoms with Gasteiger partial charge in [0.15, 0.2) is 5.16 Å². The summed E-state index contributed by atoms with van der Waals surface area (Å²) in [6, 6.07) is 7.50. The molecule has 0 atom stereocenters. The van der Waals surface area contributed by atoms with Crippen molar-refractivity contribution in [2.45, 2.75) is 17.8 Å². The Hall–Kier alpha value is -2.28. The fourth-order valence-corrected chi connectivity index (χ4v) is 2.80. The number of hydrogen-bond acceptors (Lipinski definition) is 4. The van der Waals surface area contributed by atoms with Crippen LogP contribution in [0.4, 0.5) is 0 Å². The second-order valence-corrected chi connectivity index (χ2v) is 5.99. The zero-order valence-electron chi connectivity index (χ0n) is 13.2. The fraction of sp³-hybridized carbons (Fsp3) is 0.312. The summed E-state index contributed by atoms with van der Waals surface area (Å²) in [6.45, 7) is 2.29. The fourth-order valence-electron chi connectivity index (χ4n) is 1.91. The van der Waals surface area contributed by atoms with Crippen LogP contribution in [0.15, 0.2) is 41.8 Å². The van der Waals surface area contributed by atoms with Crippen molar-refractivity contribution in [3.05, 3.63) is 47.8 Å². The lowest BCUT2D eigenvalue weighted by atomic mass is 10.1. The molecule has 1 aromatic carbocycles. The third-order valence-corrected chi connectivity index (χ3v) is 4.27. The van der Waals surface area contributed by atoms with Gasteiger partial charge in [-0.15, -0.1) is 0 Å². The van der Waals surface area contributed by atoms with Crippen molar-refractivity contribution in [3.8, 4) is 0 Å². The summed E-state index contributed by atoms with van der Waals surface area (Å²) in [5.41, 5.74) is 1.74. The maximum absolute atomic E-state index is 11.9. The standard InChI is InChI=1S/C16H20N4O2S/c1-12(21)17-7-8-18-15(22)14-5-3-13(4-6-14)11-23-16-19-9-10-20(16)2/h3-6,9-10H,7-8,11H2,1-2H3,(H,17,21)(H,18,22). The van der Waals surface area contributed by atoms with Crippen molar-refractivity contribution in [3.63, 3.8) is 0 Å². The second-order valence-electron chi connectivity index (χ2n) is 5.05. The number of aryl methyl sites for hydroxylation is 1. The Morgan fingerprint density at radius 2 is 1.87 bits per heavy atom. The molecule has 2 amide bonds. The number of nitrogens with one attached hydrogen (secondary N) is 2. The quantitative estimate of drug-likeness (QED) is 0.596. The highest BCUT2D eigenvalue weighted by Crippen LogP contribution is 2.20. The number of aromatic nitrogens is 2. The first-order valence-electron chi connectivity index (χ1n) is 7.28. The molecule has 2 aromatic rings. The Morgan fingerprint density at radius 3 is 2.48 bits per heavy atom. The number of nitrogens with zero attached hydrogens (tertiary/aromatic N) is 2. The van der Waals surface area contributed by atoms with Crippen molar-refractivity contribution in [2.75, 3.05) is 13.1 Å². The van der Waals surface area contributed by atoms with E-state index in [4.69, 9.17) is 0 Å². The highest BCUT2D eigenvalue weighted by Gasteiger charge is 2.06. The maximum atomic E-state index is 11.9. The molecule has 0 aliphatic rings. The average Bonchev–Trinajstić information content (AvgIpc) is 2.95. The van der Waals surface area contributed by atoms with Crippen molar-refractivity contribution in [2.24, 2.45) is 7.05 Å². The molecule has 0 spiro atoms. The third-order valence-electron chi connectivity index (χ3n) is 3.15. The van der Waals surface area contributed by atoms with Gasteiger partial charge in [-0.2, -0.15) is 0 Å².